The molecule has 2 nitrogen and oxygen atoms in total. The second kappa shape index (κ2) is 11.9. The van der Waals surface area contributed by atoms with Crippen LogP contribution in [0.25, 0.3) is 0 Å². The van der Waals surface area contributed by atoms with Crippen LogP contribution >= 0.6 is 0 Å². The number of β-amino-alcohol motifs (C(OH)–C–C–N with tert-alkyl or cyclic N) is 1. The smallest absolute Gasteiger partial charge is 0.0917 e. The summed E-state index contributed by atoms with van der Waals surface area (Å²) < 4.78 is 0. The maximum Gasteiger partial charge on any atom is 0.0917 e. The number of aliphatic hydroxyl groups is 1. The molecule has 0 atom stereocenters. The van der Waals surface area contributed by atoms with Crippen molar-refractivity contribution in [1.82, 2.24) is 5.32 Å². The van der Waals surface area contributed by atoms with E-state index in [9.17, 15) is 5.11 Å². The maximum atomic E-state index is 9.42. The maximum absolute atomic E-state index is 9.42. The minimum Gasteiger partial charge on any atom is -0.387 e. The van der Waals surface area contributed by atoms with Crippen molar-refractivity contribution < 1.29 is 5.11 Å². The molecule has 1 aromatic carbocycles. The molecule has 0 radical (unpaired) electrons. The molecule has 0 aromatic heterocycles. The lowest BCUT2D eigenvalue weighted by Gasteiger charge is -2.41. The van der Waals surface area contributed by atoms with Gasteiger partial charge in [-0.2, -0.15) is 0 Å². The molecule has 1 saturated heterocycles. The third-order valence-corrected chi connectivity index (χ3v) is 3.69. The average molecular weight is 316 g/mol. The summed E-state index contributed by atoms with van der Waals surface area (Å²) in [4.78, 5) is 0. The van der Waals surface area contributed by atoms with Crippen LogP contribution in [-0.4, -0.2) is 23.8 Å². The lowest BCUT2D eigenvalue weighted by atomic mass is 9.85. The molecule has 2 heteroatoms. The van der Waals surface area contributed by atoms with Crippen LogP contribution in [0.2, 0.25) is 0 Å². The summed E-state index contributed by atoms with van der Waals surface area (Å²) in [6.45, 7) is 15.3. The quantitative estimate of drug-likeness (QED) is 0.795. The van der Waals surface area contributed by atoms with E-state index < -0.39 is 0 Å². The molecule has 128 valence electrons. The second-order valence-electron chi connectivity index (χ2n) is 6.16. The molecule has 0 amide bonds. The lowest BCUT2D eigenvalue weighted by Crippen LogP contribution is -2.62. The Morgan fingerprint density at radius 1 is 1.26 bits per heavy atom. The molecule has 0 unspecified atom stereocenters. The van der Waals surface area contributed by atoms with Gasteiger partial charge in [0.25, 0.3) is 0 Å². The van der Waals surface area contributed by atoms with Crippen molar-refractivity contribution in [3.05, 3.63) is 72.4 Å². The van der Waals surface area contributed by atoms with Gasteiger partial charge >= 0.3 is 0 Å². The molecule has 0 aliphatic carbocycles. The van der Waals surface area contributed by atoms with Crippen molar-refractivity contribution in [2.75, 3.05) is 13.1 Å². The Hall–Kier alpha value is -1.64. The Balaban J connectivity index is 0.000000316. The van der Waals surface area contributed by atoms with Crippen LogP contribution in [0.5, 0.6) is 0 Å². The van der Waals surface area contributed by atoms with E-state index in [2.05, 4.69) is 31.0 Å². The van der Waals surface area contributed by atoms with Gasteiger partial charge in [0.1, 0.15) is 0 Å². The normalized spacial score (nSPS) is 15.9. The SMILES string of the molecule is C=C/C=C(C)\C=C/C.CC(C)C1(O)CNC1.Cc1ccccc1. The number of rotatable bonds is 3. The summed E-state index contributed by atoms with van der Waals surface area (Å²) >= 11 is 0. The molecule has 0 saturated carbocycles. The van der Waals surface area contributed by atoms with Crippen molar-refractivity contribution in [2.24, 2.45) is 5.92 Å². The monoisotopic (exact) mass is 315 g/mol. The average Bonchev–Trinajstić information content (AvgIpc) is 2.47. The summed E-state index contributed by atoms with van der Waals surface area (Å²) in [6, 6.07) is 10.3. The van der Waals surface area contributed by atoms with Gasteiger partial charge in [-0.1, -0.05) is 86.2 Å². The third-order valence-electron chi connectivity index (χ3n) is 3.69. The Morgan fingerprint density at radius 2 is 1.83 bits per heavy atom. The molecular formula is C21H33NO. The zero-order valence-electron chi connectivity index (χ0n) is 15.3. The third kappa shape index (κ3) is 9.88. The largest absolute Gasteiger partial charge is 0.387 e. The van der Waals surface area contributed by atoms with E-state index in [-0.39, 0.29) is 5.60 Å². The highest BCUT2D eigenvalue weighted by molar-refractivity contribution is 5.19. The molecule has 1 fully saturated rings. The summed E-state index contributed by atoms with van der Waals surface area (Å²) in [5.74, 6) is 0.392. The van der Waals surface area contributed by atoms with Gasteiger partial charge in [0.05, 0.1) is 5.60 Å². The van der Waals surface area contributed by atoms with Gasteiger partial charge in [0.2, 0.25) is 0 Å². The fourth-order valence-corrected chi connectivity index (χ4v) is 1.83. The first-order valence-corrected chi connectivity index (χ1v) is 8.22. The predicted molar refractivity (Wildman–Crippen MR) is 103 cm³/mol. The summed E-state index contributed by atoms with van der Waals surface area (Å²) in [7, 11) is 0. The highest BCUT2D eigenvalue weighted by Crippen LogP contribution is 2.20. The van der Waals surface area contributed by atoms with Crippen LogP contribution < -0.4 is 5.32 Å². The predicted octanol–water partition coefficient (Wildman–Crippen LogP) is 4.67. The Bertz CT molecular complexity index is 482. The van der Waals surface area contributed by atoms with Crippen molar-refractivity contribution in [1.29, 1.82) is 0 Å². The second-order valence-corrected chi connectivity index (χ2v) is 6.16. The fraction of sp³-hybridized carbons (Fsp3) is 0.429. The van der Waals surface area contributed by atoms with Crippen molar-refractivity contribution in [3.63, 3.8) is 0 Å². The number of aryl methyl sites for hydroxylation is 1. The molecule has 1 aliphatic rings. The highest BCUT2D eigenvalue weighted by atomic mass is 16.3. The van der Waals surface area contributed by atoms with E-state index in [1.54, 1.807) is 6.08 Å². The van der Waals surface area contributed by atoms with Crippen molar-refractivity contribution in [3.8, 4) is 0 Å². The van der Waals surface area contributed by atoms with Crippen LogP contribution in [0.1, 0.15) is 33.3 Å². The Morgan fingerprint density at radius 3 is 2.04 bits per heavy atom. The standard InChI is InChI=1S/C8H12.C7H8.C6H13NO/c1-4-6-8(3)7-5-2;1-7-5-3-2-4-6-7;1-5(2)6(8)3-7-4-6/h4-7H,1H2,2-3H3;2-6H,1H3;5,7-8H,3-4H2,1-2H3/b7-5-,8-6-;;. The topological polar surface area (TPSA) is 32.3 Å². The molecule has 2 rings (SSSR count). The highest BCUT2D eigenvalue weighted by Gasteiger charge is 2.36. The van der Waals surface area contributed by atoms with Gasteiger partial charge in [-0.3, -0.25) is 0 Å². The van der Waals surface area contributed by atoms with Crippen molar-refractivity contribution >= 4 is 0 Å². The first kappa shape index (κ1) is 21.4. The Kier molecular flexibility index (Phi) is 11.0. The molecule has 1 aliphatic heterocycles. The minimum atomic E-state index is -0.389. The molecule has 0 spiro atoms. The van der Waals surface area contributed by atoms with Gasteiger partial charge in [-0.05, 0) is 26.7 Å². The number of allylic oxidation sites excluding steroid dienone is 5. The molecule has 23 heavy (non-hydrogen) atoms. The Labute approximate surface area is 142 Å². The van der Waals surface area contributed by atoms with E-state index >= 15 is 0 Å². The minimum absolute atomic E-state index is 0.389. The van der Waals surface area contributed by atoms with Gasteiger partial charge in [0.15, 0.2) is 0 Å². The van der Waals surface area contributed by atoms with Crippen LogP contribution in [-0.2, 0) is 0 Å². The lowest BCUT2D eigenvalue weighted by molar-refractivity contribution is -0.0495. The van der Waals surface area contributed by atoms with E-state index in [0.717, 1.165) is 13.1 Å². The van der Waals surface area contributed by atoms with Gasteiger partial charge < -0.3 is 10.4 Å². The fourth-order valence-electron chi connectivity index (χ4n) is 1.83. The number of hydrogen-bond donors (Lipinski definition) is 2. The zero-order chi connectivity index (χ0) is 17.7. The first-order valence-electron chi connectivity index (χ1n) is 8.22. The summed E-state index contributed by atoms with van der Waals surface area (Å²) in [5, 5.41) is 12.5. The van der Waals surface area contributed by atoms with Gasteiger partial charge in [-0.25, -0.2) is 0 Å². The van der Waals surface area contributed by atoms with E-state index in [1.165, 1.54) is 11.1 Å². The van der Waals surface area contributed by atoms with Crippen LogP contribution in [0.15, 0.2) is 66.8 Å². The summed E-state index contributed by atoms with van der Waals surface area (Å²) in [5.41, 5.74) is 2.17. The first-order chi connectivity index (χ1) is 10.9. The van der Waals surface area contributed by atoms with Crippen LogP contribution in [0, 0.1) is 12.8 Å². The molecule has 1 aromatic rings. The number of nitrogens with one attached hydrogen (secondary N) is 1. The molecular weight excluding hydrogens is 282 g/mol. The van der Waals surface area contributed by atoms with Crippen LogP contribution in [0.3, 0.4) is 0 Å². The molecule has 0 bridgehead atoms. The zero-order valence-corrected chi connectivity index (χ0v) is 15.3. The van der Waals surface area contributed by atoms with E-state index in [0.29, 0.717) is 5.92 Å². The van der Waals surface area contributed by atoms with E-state index in [4.69, 9.17) is 0 Å². The van der Waals surface area contributed by atoms with E-state index in [1.807, 2.05) is 64.1 Å². The van der Waals surface area contributed by atoms with Gasteiger partial charge in [0, 0.05) is 13.1 Å². The number of hydrogen-bond acceptors (Lipinski definition) is 2. The summed E-state index contributed by atoms with van der Waals surface area (Å²) in [6.07, 6.45) is 7.81. The van der Waals surface area contributed by atoms with Gasteiger partial charge in [-0.15, -0.1) is 0 Å². The van der Waals surface area contributed by atoms with Crippen LogP contribution in [0.4, 0.5) is 0 Å². The molecule has 2 N–H and O–H groups in total. The van der Waals surface area contributed by atoms with Crippen molar-refractivity contribution in [2.45, 2.75) is 40.2 Å². The molecule has 1 heterocycles. The number of benzene rings is 1.